The highest BCUT2D eigenvalue weighted by Crippen LogP contribution is 2.45. The predicted octanol–water partition coefficient (Wildman–Crippen LogP) is 2.24. The average Bonchev–Trinajstić information content (AvgIpc) is 2.82. The molecule has 0 radical (unpaired) electrons. The second-order valence-electron chi connectivity index (χ2n) is 5.14. The Morgan fingerprint density at radius 3 is 2.72 bits per heavy atom. The molecule has 0 bridgehead atoms. The minimum atomic E-state index is 0.582. The molecule has 2 atom stereocenters. The fraction of sp³-hybridized carbons (Fsp3) is 0.385. The van der Waals surface area contributed by atoms with Crippen LogP contribution in [-0.4, -0.2) is 23.1 Å². The Morgan fingerprint density at radius 1 is 1.28 bits per heavy atom. The summed E-state index contributed by atoms with van der Waals surface area (Å²) in [4.78, 5) is 11.2. The van der Waals surface area contributed by atoms with Crippen molar-refractivity contribution in [2.24, 2.45) is 11.8 Å². The van der Waals surface area contributed by atoms with E-state index in [1.165, 1.54) is 19.5 Å². The number of aromatic nitrogens is 2. The van der Waals surface area contributed by atoms with Crippen LogP contribution in [0.25, 0.3) is 10.6 Å². The highest BCUT2D eigenvalue weighted by molar-refractivity contribution is 7.13. The van der Waals surface area contributed by atoms with Crippen molar-refractivity contribution in [1.29, 1.82) is 0 Å². The molecule has 2 N–H and O–H groups in total. The van der Waals surface area contributed by atoms with Gasteiger partial charge in [0, 0.05) is 30.2 Å². The molecule has 5 heteroatoms. The highest BCUT2D eigenvalue weighted by atomic mass is 32.1. The molecule has 2 fully saturated rings. The number of fused-ring (bicyclic) bond motifs is 1. The standard InChI is InChI=1S/C13H14N4S/c14-11-7-18-13(16-11)8-1-2-12(15-4-8)17-5-9-3-10(9)6-17/h1-2,4,7,9-10H,3,5-6,14H2. The van der Waals surface area contributed by atoms with Crippen molar-refractivity contribution in [3.8, 4) is 10.6 Å². The fourth-order valence-corrected chi connectivity index (χ4v) is 3.40. The lowest BCUT2D eigenvalue weighted by Crippen LogP contribution is -2.22. The molecule has 0 spiro atoms. The van der Waals surface area contributed by atoms with Gasteiger partial charge in [-0.25, -0.2) is 9.97 Å². The first-order valence-corrected chi connectivity index (χ1v) is 7.10. The number of nitrogen functional groups attached to an aromatic ring is 1. The van der Waals surface area contributed by atoms with E-state index in [9.17, 15) is 0 Å². The Labute approximate surface area is 109 Å². The van der Waals surface area contributed by atoms with Crippen LogP contribution >= 0.6 is 11.3 Å². The summed E-state index contributed by atoms with van der Waals surface area (Å²) < 4.78 is 0. The van der Waals surface area contributed by atoms with Crippen LogP contribution < -0.4 is 10.6 Å². The number of thiazole rings is 1. The number of nitrogens with zero attached hydrogens (tertiary/aromatic N) is 3. The molecule has 0 amide bonds. The lowest BCUT2D eigenvalue weighted by atomic mass is 10.3. The zero-order valence-corrected chi connectivity index (χ0v) is 10.7. The first-order valence-electron chi connectivity index (χ1n) is 6.22. The fourth-order valence-electron chi connectivity index (χ4n) is 2.70. The van der Waals surface area contributed by atoms with Crippen molar-refractivity contribution in [2.45, 2.75) is 6.42 Å². The van der Waals surface area contributed by atoms with Gasteiger partial charge in [0.1, 0.15) is 16.6 Å². The number of rotatable bonds is 2. The molecule has 2 unspecified atom stereocenters. The minimum absolute atomic E-state index is 0.582. The zero-order valence-electron chi connectivity index (χ0n) is 9.91. The summed E-state index contributed by atoms with van der Waals surface area (Å²) in [5, 5.41) is 2.80. The average molecular weight is 258 g/mol. The molecule has 1 aliphatic heterocycles. The van der Waals surface area contributed by atoms with Crippen molar-refractivity contribution in [3.05, 3.63) is 23.7 Å². The van der Waals surface area contributed by atoms with Gasteiger partial charge in [0.2, 0.25) is 0 Å². The molecule has 4 nitrogen and oxygen atoms in total. The molecule has 3 heterocycles. The van der Waals surface area contributed by atoms with Gasteiger partial charge in [0.25, 0.3) is 0 Å². The maximum Gasteiger partial charge on any atom is 0.135 e. The normalized spacial score (nSPS) is 25.2. The van der Waals surface area contributed by atoms with Crippen LogP contribution in [0.1, 0.15) is 6.42 Å². The van der Waals surface area contributed by atoms with E-state index in [1.54, 1.807) is 11.3 Å². The van der Waals surface area contributed by atoms with Gasteiger partial charge in [-0.1, -0.05) is 0 Å². The van der Waals surface area contributed by atoms with E-state index < -0.39 is 0 Å². The van der Waals surface area contributed by atoms with E-state index in [1.807, 2.05) is 11.6 Å². The summed E-state index contributed by atoms with van der Waals surface area (Å²) in [5.41, 5.74) is 6.68. The molecule has 2 aromatic heterocycles. The lowest BCUT2D eigenvalue weighted by Gasteiger charge is -2.18. The largest absolute Gasteiger partial charge is 0.383 e. The SMILES string of the molecule is Nc1csc(-c2ccc(N3CC4CC4C3)nc2)n1. The molecule has 92 valence electrons. The number of pyridine rings is 1. The Hall–Kier alpha value is -1.62. The Bertz CT molecular complexity index is 567. The van der Waals surface area contributed by atoms with Gasteiger partial charge >= 0.3 is 0 Å². The Balaban J connectivity index is 1.57. The van der Waals surface area contributed by atoms with E-state index >= 15 is 0 Å². The third-order valence-electron chi connectivity index (χ3n) is 3.82. The van der Waals surface area contributed by atoms with E-state index in [0.717, 1.165) is 28.2 Å². The molecule has 2 aliphatic rings. The summed E-state index contributed by atoms with van der Waals surface area (Å²) in [6, 6.07) is 4.18. The Kier molecular flexibility index (Phi) is 2.11. The van der Waals surface area contributed by atoms with E-state index in [2.05, 4.69) is 27.0 Å². The maximum atomic E-state index is 5.64. The van der Waals surface area contributed by atoms with Gasteiger partial charge in [-0.05, 0) is 30.4 Å². The molecular weight excluding hydrogens is 244 g/mol. The van der Waals surface area contributed by atoms with Crippen molar-refractivity contribution >= 4 is 23.0 Å². The van der Waals surface area contributed by atoms with E-state index in [-0.39, 0.29) is 0 Å². The molecule has 4 rings (SSSR count). The zero-order chi connectivity index (χ0) is 12.1. The smallest absolute Gasteiger partial charge is 0.135 e. The van der Waals surface area contributed by atoms with Crippen LogP contribution in [0.2, 0.25) is 0 Å². The maximum absolute atomic E-state index is 5.64. The topological polar surface area (TPSA) is 55.0 Å². The van der Waals surface area contributed by atoms with Crippen molar-refractivity contribution in [1.82, 2.24) is 9.97 Å². The van der Waals surface area contributed by atoms with Gasteiger partial charge in [0.15, 0.2) is 0 Å². The van der Waals surface area contributed by atoms with Crippen LogP contribution in [0.4, 0.5) is 11.6 Å². The van der Waals surface area contributed by atoms with Crippen molar-refractivity contribution in [3.63, 3.8) is 0 Å². The molecule has 1 saturated heterocycles. The van der Waals surface area contributed by atoms with Crippen LogP contribution in [0.15, 0.2) is 23.7 Å². The molecule has 0 aromatic carbocycles. The molecule has 2 aromatic rings. The number of nitrogens with two attached hydrogens (primary N) is 1. The monoisotopic (exact) mass is 258 g/mol. The van der Waals surface area contributed by atoms with Gasteiger partial charge in [-0.2, -0.15) is 0 Å². The minimum Gasteiger partial charge on any atom is -0.383 e. The van der Waals surface area contributed by atoms with Crippen LogP contribution in [0, 0.1) is 11.8 Å². The van der Waals surface area contributed by atoms with Gasteiger partial charge in [-0.3, -0.25) is 0 Å². The third kappa shape index (κ3) is 1.66. The van der Waals surface area contributed by atoms with Gasteiger partial charge < -0.3 is 10.6 Å². The van der Waals surface area contributed by atoms with Gasteiger partial charge in [-0.15, -0.1) is 11.3 Å². The molecule has 18 heavy (non-hydrogen) atoms. The summed E-state index contributed by atoms with van der Waals surface area (Å²) in [7, 11) is 0. The van der Waals surface area contributed by atoms with E-state index in [4.69, 9.17) is 5.73 Å². The van der Waals surface area contributed by atoms with Crippen molar-refractivity contribution < 1.29 is 0 Å². The summed E-state index contributed by atoms with van der Waals surface area (Å²) in [5.74, 6) is 3.55. The summed E-state index contributed by atoms with van der Waals surface area (Å²) >= 11 is 1.56. The van der Waals surface area contributed by atoms with Crippen LogP contribution in [0.3, 0.4) is 0 Å². The number of hydrogen-bond acceptors (Lipinski definition) is 5. The first-order chi connectivity index (χ1) is 8.79. The van der Waals surface area contributed by atoms with E-state index in [0.29, 0.717) is 5.82 Å². The number of anilines is 2. The quantitative estimate of drug-likeness (QED) is 0.897. The summed E-state index contributed by atoms with van der Waals surface area (Å²) in [6.45, 7) is 2.36. The second-order valence-corrected chi connectivity index (χ2v) is 6.00. The number of piperidine rings is 1. The highest BCUT2D eigenvalue weighted by Gasteiger charge is 2.45. The van der Waals surface area contributed by atoms with Crippen molar-refractivity contribution in [2.75, 3.05) is 23.7 Å². The lowest BCUT2D eigenvalue weighted by molar-refractivity contribution is 0.805. The number of hydrogen-bond donors (Lipinski definition) is 1. The van der Waals surface area contributed by atoms with Crippen LogP contribution in [0.5, 0.6) is 0 Å². The third-order valence-corrected chi connectivity index (χ3v) is 4.73. The van der Waals surface area contributed by atoms with Gasteiger partial charge in [0.05, 0.1) is 0 Å². The molecular formula is C13H14N4S. The Morgan fingerprint density at radius 2 is 2.11 bits per heavy atom. The second kappa shape index (κ2) is 3.68. The predicted molar refractivity (Wildman–Crippen MR) is 73.6 cm³/mol. The first kappa shape index (κ1) is 10.3. The van der Waals surface area contributed by atoms with Crippen LogP contribution in [-0.2, 0) is 0 Å². The molecule has 1 aliphatic carbocycles. The summed E-state index contributed by atoms with van der Waals surface area (Å²) in [6.07, 6.45) is 3.32. The molecule has 1 saturated carbocycles.